The highest BCUT2D eigenvalue weighted by Crippen LogP contribution is 2.19. The molecule has 1 fully saturated rings. The van der Waals surface area contributed by atoms with Crippen molar-refractivity contribution in [2.24, 2.45) is 11.8 Å². The summed E-state index contributed by atoms with van der Waals surface area (Å²) in [7, 11) is 0. The number of amides is 2. The molecule has 0 spiro atoms. The Labute approximate surface area is 102 Å². The minimum atomic E-state index is -0.973. The van der Waals surface area contributed by atoms with E-state index < -0.39 is 12.0 Å². The predicted molar refractivity (Wildman–Crippen MR) is 64.8 cm³/mol. The molecular weight excluding hydrogens is 220 g/mol. The molecule has 0 aliphatic carbocycles. The SMILES string of the molecule is CCC1CCN(C(=O)N[C@@H](C(=O)O)C(C)C)C1. The van der Waals surface area contributed by atoms with Gasteiger partial charge in [-0.1, -0.05) is 27.2 Å². The van der Waals surface area contributed by atoms with Crippen LogP contribution in [0.2, 0.25) is 0 Å². The van der Waals surface area contributed by atoms with E-state index in [1.165, 1.54) is 0 Å². The second-order valence-electron chi connectivity index (χ2n) is 5.02. The monoisotopic (exact) mass is 242 g/mol. The van der Waals surface area contributed by atoms with Gasteiger partial charge in [-0.3, -0.25) is 0 Å². The maximum absolute atomic E-state index is 11.9. The predicted octanol–water partition coefficient (Wildman–Crippen LogP) is 1.54. The van der Waals surface area contributed by atoms with Crippen LogP contribution in [0.15, 0.2) is 0 Å². The third-order valence-corrected chi connectivity index (χ3v) is 3.36. The molecule has 1 aliphatic heterocycles. The molecule has 98 valence electrons. The van der Waals surface area contributed by atoms with Gasteiger partial charge in [0.1, 0.15) is 6.04 Å². The van der Waals surface area contributed by atoms with Crippen molar-refractivity contribution in [2.45, 2.75) is 39.7 Å². The lowest BCUT2D eigenvalue weighted by molar-refractivity contribution is -0.140. The van der Waals surface area contributed by atoms with Crippen LogP contribution in [-0.4, -0.2) is 41.1 Å². The van der Waals surface area contributed by atoms with Crippen LogP contribution in [-0.2, 0) is 4.79 Å². The van der Waals surface area contributed by atoms with E-state index in [0.29, 0.717) is 5.92 Å². The first kappa shape index (κ1) is 13.8. The molecular formula is C12H22N2O3. The van der Waals surface area contributed by atoms with Crippen LogP contribution in [0.4, 0.5) is 4.79 Å². The van der Waals surface area contributed by atoms with Gasteiger partial charge in [0.05, 0.1) is 0 Å². The Balaban J connectivity index is 2.51. The summed E-state index contributed by atoms with van der Waals surface area (Å²) in [6.45, 7) is 7.16. The van der Waals surface area contributed by atoms with Crippen LogP contribution >= 0.6 is 0 Å². The third-order valence-electron chi connectivity index (χ3n) is 3.36. The van der Waals surface area contributed by atoms with E-state index in [4.69, 9.17) is 5.11 Å². The maximum Gasteiger partial charge on any atom is 0.326 e. The molecule has 0 saturated carbocycles. The Hall–Kier alpha value is -1.26. The number of urea groups is 1. The van der Waals surface area contributed by atoms with E-state index in [1.54, 1.807) is 18.7 Å². The average Bonchev–Trinajstić information content (AvgIpc) is 2.73. The fourth-order valence-corrected chi connectivity index (χ4v) is 2.09. The Morgan fingerprint density at radius 1 is 1.47 bits per heavy atom. The van der Waals surface area contributed by atoms with E-state index in [2.05, 4.69) is 12.2 Å². The van der Waals surface area contributed by atoms with Crippen LogP contribution in [0.25, 0.3) is 0 Å². The normalized spacial score (nSPS) is 21.6. The van der Waals surface area contributed by atoms with Crippen molar-refractivity contribution in [1.82, 2.24) is 10.2 Å². The number of hydrogen-bond donors (Lipinski definition) is 2. The highest BCUT2D eigenvalue weighted by Gasteiger charge is 2.29. The van der Waals surface area contributed by atoms with Crippen molar-refractivity contribution in [2.75, 3.05) is 13.1 Å². The van der Waals surface area contributed by atoms with Crippen molar-refractivity contribution in [1.29, 1.82) is 0 Å². The molecule has 0 aromatic rings. The zero-order valence-corrected chi connectivity index (χ0v) is 10.8. The fourth-order valence-electron chi connectivity index (χ4n) is 2.09. The summed E-state index contributed by atoms with van der Waals surface area (Å²) < 4.78 is 0. The van der Waals surface area contributed by atoms with Crippen molar-refractivity contribution in [3.63, 3.8) is 0 Å². The van der Waals surface area contributed by atoms with Gasteiger partial charge >= 0.3 is 12.0 Å². The maximum atomic E-state index is 11.9. The number of carboxylic acids is 1. The number of nitrogens with one attached hydrogen (secondary N) is 1. The molecule has 2 N–H and O–H groups in total. The summed E-state index contributed by atoms with van der Waals surface area (Å²) >= 11 is 0. The number of hydrogen-bond acceptors (Lipinski definition) is 2. The Kier molecular flexibility index (Phi) is 4.78. The molecule has 1 unspecified atom stereocenters. The zero-order chi connectivity index (χ0) is 13.0. The number of nitrogens with zero attached hydrogens (tertiary/aromatic N) is 1. The number of aliphatic carboxylic acids is 1. The van der Waals surface area contributed by atoms with Gasteiger partial charge in [-0.2, -0.15) is 0 Å². The zero-order valence-electron chi connectivity index (χ0n) is 10.8. The summed E-state index contributed by atoms with van der Waals surface area (Å²) in [5.41, 5.74) is 0. The molecule has 1 heterocycles. The number of carboxylic acid groups (broad SMARTS) is 1. The standard InChI is InChI=1S/C12H22N2O3/c1-4-9-5-6-14(7-9)12(17)13-10(8(2)3)11(15)16/h8-10H,4-7H2,1-3H3,(H,13,17)(H,15,16)/t9?,10-/m1/s1. The van der Waals surface area contributed by atoms with Crippen molar-refractivity contribution >= 4 is 12.0 Å². The van der Waals surface area contributed by atoms with Gasteiger partial charge in [-0.25, -0.2) is 9.59 Å². The molecule has 1 aliphatic rings. The minimum Gasteiger partial charge on any atom is -0.480 e. The van der Waals surface area contributed by atoms with Crippen molar-refractivity contribution in [3.8, 4) is 0 Å². The van der Waals surface area contributed by atoms with E-state index in [-0.39, 0.29) is 11.9 Å². The van der Waals surface area contributed by atoms with E-state index in [9.17, 15) is 9.59 Å². The summed E-state index contributed by atoms with van der Waals surface area (Å²) in [6.07, 6.45) is 2.08. The molecule has 2 atom stereocenters. The van der Waals surface area contributed by atoms with Crippen LogP contribution in [0.3, 0.4) is 0 Å². The molecule has 2 amide bonds. The van der Waals surface area contributed by atoms with Crippen molar-refractivity contribution in [3.05, 3.63) is 0 Å². The lowest BCUT2D eigenvalue weighted by atomic mass is 10.1. The summed E-state index contributed by atoms with van der Waals surface area (Å²) in [5.74, 6) is -0.524. The molecule has 1 saturated heterocycles. The van der Waals surface area contributed by atoms with E-state index >= 15 is 0 Å². The molecule has 0 aromatic heterocycles. The third kappa shape index (κ3) is 3.61. The molecule has 0 radical (unpaired) electrons. The van der Waals surface area contributed by atoms with Gasteiger partial charge in [0.15, 0.2) is 0 Å². The number of likely N-dealkylation sites (tertiary alicyclic amines) is 1. The van der Waals surface area contributed by atoms with Crippen LogP contribution in [0.5, 0.6) is 0 Å². The summed E-state index contributed by atoms with van der Waals surface area (Å²) in [4.78, 5) is 24.6. The summed E-state index contributed by atoms with van der Waals surface area (Å²) in [6, 6.07) is -1.05. The van der Waals surface area contributed by atoms with Crippen LogP contribution < -0.4 is 5.32 Å². The Morgan fingerprint density at radius 3 is 2.53 bits per heavy atom. The number of carbonyl (C=O) groups excluding carboxylic acids is 1. The quantitative estimate of drug-likeness (QED) is 0.785. The number of carbonyl (C=O) groups is 2. The largest absolute Gasteiger partial charge is 0.480 e. The van der Waals surface area contributed by atoms with E-state index in [0.717, 1.165) is 25.9 Å². The van der Waals surface area contributed by atoms with Gasteiger partial charge in [0, 0.05) is 13.1 Å². The van der Waals surface area contributed by atoms with E-state index in [1.807, 2.05) is 0 Å². The first-order valence-electron chi connectivity index (χ1n) is 6.24. The highest BCUT2D eigenvalue weighted by molar-refractivity contribution is 5.82. The van der Waals surface area contributed by atoms with Gasteiger partial charge < -0.3 is 15.3 Å². The lowest BCUT2D eigenvalue weighted by Gasteiger charge is -2.23. The van der Waals surface area contributed by atoms with Gasteiger partial charge in [-0.15, -0.1) is 0 Å². The first-order valence-corrected chi connectivity index (χ1v) is 6.24. The second kappa shape index (κ2) is 5.89. The Morgan fingerprint density at radius 2 is 2.12 bits per heavy atom. The van der Waals surface area contributed by atoms with Crippen LogP contribution in [0, 0.1) is 11.8 Å². The fraction of sp³-hybridized carbons (Fsp3) is 0.833. The number of rotatable bonds is 4. The molecule has 5 heteroatoms. The van der Waals surface area contributed by atoms with Gasteiger partial charge in [-0.05, 0) is 18.3 Å². The molecule has 5 nitrogen and oxygen atoms in total. The Bertz CT molecular complexity index is 291. The summed E-state index contributed by atoms with van der Waals surface area (Å²) in [5, 5.41) is 11.6. The van der Waals surface area contributed by atoms with Crippen LogP contribution in [0.1, 0.15) is 33.6 Å². The second-order valence-corrected chi connectivity index (χ2v) is 5.02. The van der Waals surface area contributed by atoms with Crippen molar-refractivity contribution < 1.29 is 14.7 Å². The van der Waals surface area contributed by atoms with Gasteiger partial charge in [0.25, 0.3) is 0 Å². The average molecular weight is 242 g/mol. The minimum absolute atomic E-state index is 0.110. The molecule has 1 rings (SSSR count). The smallest absolute Gasteiger partial charge is 0.326 e. The molecule has 0 aromatic carbocycles. The topological polar surface area (TPSA) is 69.6 Å². The van der Waals surface area contributed by atoms with Gasteiger partial charge in [0.2, 0.25) is 0 Å². The molecule has 0 bridgehead atoms. The first-order chi connectivity index (χ1) is 7.95. The lowest BCUT2D eigenvalue weighted by Crippen LogP contribution is -2.49. The highest BCUT2D eigenvalue weighted by atomic mass is 16.4. The molecule has 17 heavy (non-hydrogen) atoms.